The lowest BCUT2D eigenvalue weighted by Gasteiger charge is -2.41. The first-order valence-electron chi connectivity index (χ1n) is 12.0. The van der Waals surface area contributed by atoms with Crippen LogP contribution in [-0.4, -0.2) is 30.4 Å². The van der Waals surface area contributed by atoms with E-state index in [-0.39, 0.29) is 5.92 Å². The Kier molecular flexibility index (Phi) is 8.03. The Morgan fingerprint density at radius 3 is 2.33 bits per heavy atom. The SMILES string of the molecule is Cc1ccc(CC2(O)CCNCC2CCCOc2ccccc2OCc2ccccc2)cc1. The van der Waals surface area contributed by atoms with Crippen molar-refractivity contribution in [3.63, 3.8) is 0 Å². The number of hydrogen-bond acceptors (Lipinski definition) is 4. The average molecular weight is 446 g/mol. The number of benzene rings is 3. The molecule has 0 saturated carbocycles. The molecule has 174 valence electrons. The molecule has 4 rings (SSSR count). The zero-order valence-corrected chi connectivity index (χ0v) is 19.5. The normalized spacial score (nSPS) is 20.4. The van der Waals surface area contributed by atoms with Gasteiger partial charge in [0.05, 0.1) is 12.2 Å². The van der Waals surface area contributed by atoms with Crippen molar-refractivity contribution in [2.75, 3.05) is 19.7 Å². The molecule has 2 atom stereocenters. The highest BCUT2D eigenvalue weighted by atomic mass is 16.5. The van der Waals surface area contributed by atoms with Gasteiger partial charge in [0.25, 0.3) is 0 Å². The van der Waals surface area contributed by atoms with Gasteiger partial charge >= 0.3 is 0 Å². The largest absolute Gasteiger partial charge is 0.490 e. The summed E-state index contributed by atoms with van der Waals surface area (Å²) >= 11 is 0. The maximum atomic E-state index is 11.5. The summed E-state index contributed by atoms with van der Waals surface area (Å²) in [5, 5.41) is 15.0. The fraction of sp³-hybridized carbons (Fsp3) is 0.379. The molecule has 3 aromatic carbocycles. The molecule has 2 unspecified atom stereocenters. The fourth-order valence-electron chi connectivity index (χ4n) is 4.57. The van der Waals surface area contributed by atoms with Crippen molar-refractivity contribution in [2.24, 2.45) is 5.92 Å². The van der Waals surface area contributed by atoms with Crippen LogP contribution >= 0.6 is 0 Å². The van der Waals surface area contributed by atoms with Crippen LogP contribution in [0.1, 0.15) is 36.0 Å². The molecule has 1 fully saturated rings. The van der Waals surface area contributed by atoms with E-state index in [0.717, 1.165) is 49.4 Å². The van der Waals surface area contributed by atoms with Crippen molar-refractivity contribution in [1.29, 1.82) is 0 Å². The third kappa shape index (κ3) is 6.59. The van der Waals surface area contributed by atoms with Crippen molar-refractivity contribution < 1.29 is 14.6 Å². The molecule has 33 heavy (non-hydrogen) atoms. The maximum Gasteiger partial charge on any atom is 0.161 e. The molecule has 0 aromatic heterocycles. The van der Waals surface area contributed by atoms with Gasteiger partial charge in [0.1, 0.15) is 6.61 Å². The van der Waals surface area contributed by atoms with Gasteiger partial charge in [-0.05, 0) is 56.0 Å². The Hall–Kier alpha value is -2.82. The van der Waals surface area contributed by atoms with E-state index in [1.165, 1.54) is 11.1 Å². The Labute approximate surface area is 197 Å². The molecule has 1 heterocycles. The van der Waals surface area contributed by atoms with Gasteiger partial charge in [-0.2, -0.15) is 0 Å². The maximum absolute atomic E-state index is 11.5. The van der Waals surface area contributed by atoms with Gasteiger partial charge in [-0.3, -0.25) is 0 Å². The molecule has 1 aliphatic heterocycles. The number of nitrogens with one attached hydrogen (secondary N) is 1. The molecular formula is C29H35NO3. The van der Waals surface area contributed by atoms with Crippen LogP contribution in [0.25, 0.3) is 0 Å². The van der Waals surface area contributed by atoms with Crippen molar-refractivity contribution >= 4 is 0 Å². The summed E-state index contributed by atoms with van der Waals surface area (Å²) in [6, 6.07) is 26.5. The smallest absolute Gasteiger partial charge is 0.161 e. The van der Waals surface area contributed by atoms with Crippen LogP contribution in [0, 0.1) is 12.8 Å². The van der Waals surface area contributed by atoms with E-state index in [2.05, 4.69) is 48.6 Å². The molecule has 0 bridgehead atoms. The molecule has 1 saturated heterocycles. The van der Waals surface area contributed by atoms with E-state index in [1.54, 1.807) is 0 Å². The number of rotatable bonds is 10. The van der Waals surface area contributed by atoms with Crippen molar-refractivity contribution in [2.45, 2.75) is 44.8 Å². The Bertz CT molecular complexity index is 989. The molecule has 2 N–H and O–H groups in total. The highest BCUT2D eigenvalue weighted by Gasteiger charge is 2.38. The minimum atomic E-state index is -0.669. The summed E-state index contributed by atoms with van der Waals surface area (Å²) in [5.41, 5.74) is 2.91. The second-order valence-electron chi connectivity index (χ2n) is 9.13. The number of hydrogen-bond donors (Lipinski definition) is 2. The van der Waals surface area contributed by atoms with E-state index in [0.29, 0.717) is 19.6 Å². The van der Waals surface area contributed by atoms with Crippen molar-refractivity contribution in [3.8, 4) is 11.5 Å². The monoisotopic (exact) mass is 445 g/mol. The van der Waals surface area contributed by atoms with Crippen LogP contribution in [-0.2, 0) is 13.0 Å². The minimum Gasteiger partial charge on any atom is -0.490 e. The Morgan fingerprint density at radius 2 is 1.58 bits per heavy atom. The number of para-hydroxylation sites is 2. The van der Waals surface area contributed by atoms with E-state index in [4.69, 9.17) is 9.47 Å². The zero-order chi connectivity index (χ0) is 22.9. The van der Waals surface area contributed by atoms with Gasteiger partial charge in [0, 0.05) is 18.9 Å². The molecule has 0 spiro atoms. The van der Waals surface area contributed by atoms with E-state index >= 15 is 0 Å². The molecule has 0 aliphatic carbocycles. The number of aliphatic hydroxyl groups is 1. The van der Waals surface area contributed by atoms with Crippen molar-refractivity contribution in [1.82, 2.24) is 5.32 Å². The molecule has 1 aliphatic rings. The third-order valence-electron chi connectivity index (χ3n) is 6.56. The minimum absolute atomic E-state index is 0.209. The van der Waals surface area contributed by atoms with E-state index < -0.39 is 5.60 Å². The van der Waals surface area contributed by atoms with Gasteiger partial charge in [-0.15, -0.1) is 0 Å². The van der Waals surface area contributed by atoms with Crippen LogP contribution < -0.4 is 14.8 Å². The molecule has 4 nitrogen and oxygen atoms in total. The van der Waals surface area contributed by atoms with E-state index in [1.807, 2.05) is 42.5 Å². The summed E-state index contributed by atoms with van der Waals surface area (Å²) < 4.78 is 12.1. The average Bonchev–Trinajstić information content (AvgIpc) is 2.84. The first-order valence-corrected chi connectivity index (χ1v) is 12.0. The predicted octanol–water partition coefficient (Wildman–Crippen LogP) is 5.32. The van der Waals surface area contributed by atoms with Gasteiger partial charge in [0.15, 0.2) is 11.5 Å². The van der Waals surface area contributed by atoms with Crippen molar-refractivity contribution in [3.05, 3.63) is 95.6 Å². The summed E-state index contributed by atoms with van der Waals surface area (Å²) in [6.07, 6.45) is 3.29. The second-order valence-corrected chi connectivity index (χ2v) is 9.13. The predicted molar refractivity (Wildman–Crippen MR) is 133 cm³/mol. The van der Waals surface area contributed by atoms with Crippen LogP contribution in [0.4, 0.5) is 0 Å². The zero-order valence-electron chi connectivity index (χ0n) is 19.5. The third-order valence-corrected chi connectivity index (χ3v) is 6.56. The summed E-state index contributed by atoms with van der Waals surface area (Å²) in [7, 11) is 0. The number of ether oxygens (including phenoxy) is 2. The molecular weight excluding hydrogens is 410 g/mol. The lowest BCUT2D eigenvalue weighted by Crippen LogP contribution is -2.51. The molecule has 0 radical (unpaired) electrons. The van der Waals surface area contributed by atoms with Crippen LogP contribution in [0.2, 0.25) is 0 Å². The Balaban J connectivity index is 1.29. The van der Waals surface area contributed by atoms with E-state index in [9.17, 15) is 5.11 Å². The van der Waals surface area contributed by atoms with Gasteiger partial charge in [-0.1, -0.05) is 72.3 Å². The van der Waals surface area contributed by atoms with Crippen LogP contribution in [0.3, 0.4) is 0 Å². The van der Waals surface area contributed by atoms with Gasteiger partial charge < -0.3 is 19.9 Å². The Morgan fingerprint density at radius 1 is 0.879 bits per heavy atom. The standard InChI is InChI=1S/C29H35NO3/c1-23-13-15-24(16-14-23)20-29(31)17-18-30-21-26(29)10-7-19-32-27-11-5-6-12-28(27)33-22-25-8-3-2-4-9-25/h2-6,8-9,11-16,26,30-31H,7,10,17-22H2,1H3. The number of piperidine rings is 1. The quantitative estimate of drug-likeness (QED) is 0.415. The highest BCUT2D eigenvalue weighted by molar-refractivity contribution is 5.39. The first kappa shape index (κ1) is 23.3. The summed E-state index contributed by atoms with van der Waals surface area (Å²) in [6.45, 7) is 4.92. The number of aryl methyl sites for hydroxylation is 1. The molecule has 3 aromatic rings. The molecule has 0 amide bonds. The lowest BCUT2D eigenvalue weighted by atomic mass is 9.75. The van der Waals surface area contributed by atoms with Gasteiger partial charge in [0.2, 0.25) is 0 Å². The van der Waals surface area contributed by atoms with Crippen LogP contribution in [0.5, 0.6) is 11.5 Å². The lowest BCUT2D eigenvalue weighted by molar-refractivity contribution is -0.0446. The fourth-order valence-corrected chi connectivity index (χ4v) is 4.57. The molecule has 4 heteroatoms. The first-order chi connectivity index (χ1) is 16.1. The van der Waals surface area contributed by atoms with Gasteiger partial charge in [-0.25, -0.2) is 0 Å². The summed E-state index contributed by atoms with van der Waals surface area (Å²) in [5.74, 6) is 1.74. The highest BCUT2D eigenvalue weighted by Crippen LogP contribution is 2.32. The second kappa shape index (κ2) is 11.4. The van der Waals surface area contributed by atoms with Crippen LogP contribution in [0.15, 0.2) is 78.9 Å². The summed E-state index contributed by atoms with van der Waals surface area (Å²) in [4.78, 5) is 0. The topological polar surface area (TPSA) is 50.7 Å².